The van der Waals surface area contributed by atoms with Crippen molar-refractivity contribution in [1.29, 1.82) is 0 Å². The Morgan fingerprint density at radius 1 is 1.03 bits per heavy atom. The van der Waals surface area contributed by atoms with Crippen LogP contribution >= 0.6 is 0 Å². The topological polar surface area (TPSA) is 100 Å². The van der Waals surface area contributed by atoms with E-state index in [9.17, 15) is 26.4 Å². The number of rotatable bonds is 8. The third kappa shape index (κ3) is 5.66. The predicted octanol–water partition coefficient (Wildman–Crippen LogP) is 4.72. The van der Waals surface area contributed by atoms with E-state index in [1.807, 2.05) is 30.3 Å². The summed E-state index contributed by atoms with van der Waals surface area (Å²) in [5, 5.41) is 3.90. The van der Waals surface area contributed by atoms with Gasteiger partial charge >= 0.3 is 6.18 Å². The Morgan fingerprint density at radius 3 is 2.46 bits per heavy atom. The fraction of sp³-hybridized carbons (Fsp3) is 0.296. The van der Waals surface area contributed by atoms with Crippen molar-refractivity contribution in [1.82, 2.24) is 14.8 Å². The van der Waals surface area contributed by atoms with Crippen molar-refractivity contribution in [2.24, 2.45) is 0 Å². The first-order valence-corrected chi connectivity index (χ1v) is 13.8. The van der Waals surface area contributed by atoms with Crippen LogP contribution in [0.1, 0.15) is 30.9 Å². The van der Waals surface area contributed by atoms with Crippen LogP contribution in [0.2, 0.25) is 0 Å². The quantitative estimate of drug-likeness (QED) is 0.308. The molecule has 0 aliphatic heterocycles. The van der Waals surface area contributed by atoms with Crippen LogP contribution in [0.15, 0.2) is 76.7 Å². The molecule has 2 aromatic heterocycles. The number of nitrogens with zero attached hydrogens (tertiary/aromatic N) is 3. The van der Waals surface area contributed by atoms with Crippen LogP contribution in [-0.4, -0.2) is 41.1 Å². The number of sulfone groups is 1. The van der Waals surface area contributed by atoms with Gasteiger partial charge in [-0.25, -0.2) is 13.4 Å². The molecular weight excluding hydrogens is 535 g/mol. The lowest BCUT2D eigenvalue weighted by atomic mass is 9.92. The lowest BCUT2D eigenvalue weighted by molar-refractivity contribution is -0.137. The van der Waals surface area contributed by atoms with E-state index in [1.165, 1.54) is 25.4 Å². The maximum atomic E-state index is 13.2. The third-order valence-corrected chi connectivity index (χ3v) is 8.25. The minimum absolute atomic E-state index is 0.00301. The monoisotopic (exact) mass is 559 g/mol. The number of alkyl halides is 3. The second-order valence-electron chi connectivity index (χ2n) is 9.19. The summed E-state index contributed by atoms with van der Waals surface area (Å²) in [6, 6.07) is 13.7. The van der Waals surface area contributed by atoms with E-state index in [0.29, 0.717) is 30.2 Å². The summed E-state index contributed by atoms with van der Waals surface area (Å²) in [7, 11) is -3.92. The van der Waals surface area contributed by atoms with Crippen LogP contribution in [0, 0.1) is 0 Å². The average Bonchev–Trinajstić information content (AvgIpc) is 2.90. The van der Waals surface area contributed by atoms with Crippen molar-refractivity contribution in [2.45, 2.75) is 49.7 Å². The summed E-state index contributed by atoms with van der Waals surface area (Å²) < 4.78 is 78.1. The van der Waals surface area contributed by atoms with E-state index >= 15 is 0 Å². The normalized spacial score (nSPS) is 17.6. The Kier molecular flexibility index (Phi) is 7.17. The molecular formula is C27H24F3N3O5S. The van der Waals surface area contributed by atoms with E-state index in [2.05, 4.69) is 10.1 Å². The van der Waals surface area contributed by atoms with E-state index in [1.54, 1.807) is 0 Å². The van der Waals surface area contributed by atoms with E-state index in [-0.39, 0.29) is 45.2 Å². The fourth-order valence-corrected chi connectivity index (χ4v) is 5.25. The highest BCUT2D eigenvalue weighted by atomic mass is 32.2. The van der Waals surface area contributed by atoms with Gasteiger partial charge in [0.05, 0.1) is 41.8 Å². The number of hydrogen-bond acceptors (Lipinski definition) is 7. The highest BCUT2D eigenvalue weighted by Crippen LogP contribution is 2.32. The molecule has 12 heteroatoms. The molecule has 39 heavy (non-hydrogen) atoms. The minimum atomic E-state index is -4.66. The molecule has 0 amide bonds. The molecule has 0 N–H and O–H groups in total. The molecule has 0 saturated heterocycles. The molecule has 1 fully saturated rings. The van der Waals surface area contributed by atoms with Gasteiger partial charge in [0.15, 0.2) is 15.7 Å². The van der Waals surface area contributed by atoms with Gasteiger partial charge in [0, 0.05) is 24.3 Å². The first-order valence-electron chi connectivity index (χ1n) is 12.2. The van der Waals surface area contributed by atoms with Crippen LogP contribution in [0.3, 0.4) is 0 Å². The maximum Gasteiger partial charge on any atom is 0.416 e. The highest BCUT2D eigenvalue weighted by Gasteiger charge is 2.33. The molecule has 4 aromatic rings. The predicted molar refractivity (Wildman–Crippen MR) is 137 cm³/mol. The van der Waals surface area contributed by atoms with Crippen molar-refractivity contribution in [3.63, 3.8) is 0 Å². The van der Waals surface area contributed by atoms with Gasteiger partial charge in [0.25, 0.3) is 5.56 Å². The number of benzene rings is 2. The number of hydrogen-bond donors (Lipinski definition) is 0. The molecule has 1 aliphatic carbocycles. The van der Waals surface area contributed by atoms with E-state index < -0.39 is 27.1 Å². The first kappa shape index (κ1) is 26.8. The summed E-state index contributed by atoms with van der Waals surface area (Å²) in [6.45, 7) is 1.91. The van der Waals surface area contributed by atoms with Crippen LogP contribution in [0.4, 0.5) is 13.2 Å². The molecule has 8 nitrogen and oxygen atoms in total. The smallest absolute Gasteiger partial charge is 0.416 e. The standard InChI is InChI=1S/C27H24F3N3O5S/c1-2-39(35,36)24-13-22(38-21-11-20(12-21)37-16-17-6-4-3-5-7-17)15-31-25(24)33-26(34)23-10-19(27(28,29)30)9-8-18(23)14-32-33/h3-10,13-15,20-21H,2,11-12,16H2,1H3. The summed E-state index contributed by atoms with van der Waals surface area (Å²) in [5.41, 5.74) is -0.873. The van der Waals surface area contributed by atoms with Crippen molar-refractivity contribution >= 4 is 20.6 Å². The van der Waals surface area contributed by atoms with E-state index in [0.717, 1.165) is 17.7 Å². The minimum Gasteiger partial charge on any atom is -0.489 e. The molecule has 0 radical (unpaired) electrons. The average molecular weight is 560 g/mol. The van der Waals surface area contributed by atoms with Crippen molar-refractivity contribution in [2.75, 3.05) is 5.75 Å². The summed E-state index contributed by atoms with van der Waals surface area (Å²) in [6.07, 6.45) is -1.19. The van der Waals surface area contributed by atoms with Gasteiger partial charge in [-0.3, -0.25) is 4.79 Å². The number of pyridine rings is 1. The second kappa shape index (κ2) is 10.4. The zero-order valence-electron chi connectivity index (χ0n) is 20.8. The maximum absolute atomic E-state index is 13.2. The van der Waals surface area contributed by atoms with Crippen molar-refractivity contribution in [3.8, 4) is 11.6 Å². The van der Waals surface area contributed by atoms with Gasteiger partial charge in [-0.15, -0.1) is 0 Å². The number of ether oxygens (including phenoxy) is 2. The summed E-state index contributed by atoms with van der Waals surface area (Å²) >= 11 is 0. The van der Waals surface area contributed by atoms with Crippen molar-refractivity contribution < 1.29 is 31.1 Å². The molecule has 0 spiro atoms. The van der Waals surface area contributed by atoms with Crippen molar-refractivity contribution in [3.05, 3.63) is 88.5 Å². The number of aromatic nitrogens is 3. The lowest BCUT2D eigenvalue weighted by Crippen LogP contribution is -2.39. The summed E-state index contributed by atoms with van der Waals surface area (Å²) in [5.74, 6) is -0.429. The second-order valence-corrected chi connectivity index (χ2v) is 11.4. The lowest BCUT2D eigenvalue weighted by Gasteiger charge is -2.35. The fourth-order valence-electron chi connectivity index (χ4n) is 4.23. The van der Waals surface area contributed by atoms with Gasteiger partial charge in [-0.05, 0) is 17.7 Å². The summed E-state index contributed by atoms with van der Waals surface area (Å²) in [4.78, 5) is 17.0. The Morgan fingerprint density at radius 2 is 1.77 bits per heavy atom. The van der Waals surface area contributed by atoms with Crippen LogP contribution in [-0.2, 0) is 27.4 Å². The SMILES string of the molecule is CCS(=O)(=O)c1cc(OC2CC(OCc3ccccc3)C2)cnc1-n1ncc2ccc(C(F)(F)F)cc2c1=O. The Bertz CT molecular complexity index is 1670. The van der Waals surface area contributed by atoms with Gasteiger partial charge < -0.3 is 9.47 Å². The van der Waals surface area contributed by atoms with Gasteiger partial charge in [0.2, 0.25) is 0 Å². The highest BCUT2D eigenvalue weighted by molar-refractivity contribution is 7.91. The Balaban J connectivity index is 1.40. The van der Waals surface area contributed by atoms with Crippen LogP contribution in [0.5, 0.6) is 5.75 Å². The Hall–Kier alpha value is -3.77. The molecule has 1 saturated carbocycles. The first-order chi connectivity index (χ1) is 18.5. The molecule has 1 aliphatic rings. The number of halogens is 3. The molecule has 0 unspecified atom stereocenters. The zero-order valence-corrected chi connectivity index (χ0v) is 21.6. The van der Waals surface area contributed by atoms with Crippen LogP contribution < -0.4 is 10.3 Å². The molecule has 0 atom stereocenters. The molecule has 0 bridgehead atoms. The van der Waals surface area contributed by atoms with Gasteiger partial charge in [-0.1, -0.05) is 43.3 Å². The van der Waals surface area contributed by atoms with E-state index in [4.69, 9.17) is 9.47 Å². The van der Waals surface area contributed by atoms with Gasteiger partial charge in [-0.2, -0.15) is 23.0 Å². The molecule has 204 valence electrons. The molecule has 2 heterocycles. The molecule has 2 aromatic carbocycles. The Labute approximate surface area is 221 Å². The van der Waals surface area contributed by atoms with Gasteiger partial charge in [0.1, 0.15) is 16.7 Å². The molecule has 5 rings (SSSR count). The van der Waals surface area contributed by atoms with Crippen LogP contribution in [0.25, 0.3) is 16.6 Å². The third-order valence-electron chi connectivity index (χ3n) is 6.52. The zero-order chi connectivity index (χ0) is 27.8. The largest absolute Gasteiger partial charge is 0.489 e. The number of fused-ring (bicyclic) bond motifs is 1.